The highest BCUT2D eigenvalue weighted by Gasteiger charge is 2.19. The van der Waals surface area contributed by atoms with E-state index in [4.69, 9.17) is 0 Å². The molecule has 0 saturated carbocycles. The van der Waals surface area contributed by atoms with Crippen molar-refractivity contribution < 1.29 is 4.79 Å². The van der Waals surface area contributed by atoms with Crippen LogP contribution in [-0.4, -0.2) is 53.4 Å². The lowest BCUT2D eigenvalue weighted by atomic mass is 10.2. The Labute approximate surface area is 157 Å². The number of carbonyl (C=O) groups is 1. The zero-order valence-electron chi connectivity index (χ0n) is 14.4. The Hall–Kier alpha value is -1.76. The van der Waals surface area contributed by atoms with Gasteiger partial charge < -0.3 is 5.32 Å². The lowest BCUT2D eigenvalue weighted by Crippen LogP contribution is -2.48. The van der Waals surface area contributed by atoms with Crippen LogP contribution in [-0.2, 0) is 11.3 Å². The summed E-state index contributed by atoms with van der Waals surface area (Å²) in [7, 11) is 0. The van der Waals surface area contributed by atoms with Gasteiger partial charge >= 0.3 is 0 Å². The highest BCUT2D eigenvalue weighted by atomic mass is 79.9. The molecule has 1 aliphatic rings. The number of carbonyl (C=O) groups excluding carboxylic acids is 1. The lowest BCUT2D eigenvalue weighted by molar-refractivity contribution is -0.117. The first kappa shape index (κ1) is 18.0. The molecule has 1 aromatic carbocycles. The molecule has 2 aromatic rings. The molecule has 0 unspecified atom stereocenters. The van der Waals surface area contributed by atoms with E-state index in [9.17, 15) is 4.79 Å². The molecule has 132 valence electrons. The van der Waals surface area contributed by atoms with Gasteiger partial charge in [0.25, 0.3) is 0 Å². The van der Waals surface area contributed by atoms with Gasteiger partial charge in [-0.05, 0) is 48.4 Å². The molecule has 1 fully saturated rings. The number of pyridine rings is 1. The number of benzene rings is 1. The number of hydrogen-bond donors (Lipinski definition) is 1. The van der Waals surface area contributed by atoms with Gasteiger partial charge in [0.15, 0.2) is 0 Å². The fraction of sp³-hybridized carbons (Fsp3) is 0.368. The Morgan fingerprint density at radius 2 is 1.80 bits per heavy atom. The number of anilines is 1. The fourth-order valence-electron chi connectivity index (χ4n) is 2.98. The van der Waals surface area contributed by atoms with Crippen molar-refractivity contribution in [3.05, 3.63) is 58.3 Å². The number of piperazine rings is 1. The summed E-state index contributed by atoms with van der Waals surface area (Å²) in [6.45, 7) is 7.19. The summed E-state index contributed by atoms with van der Waals surface area (Å²) in [6, 6.07) is 9.97. The SMILES string of the molecule is Cc1cc(NC(=O)CN2CCN(Cc3ccncc3)CC2)ccc1Br. The molecule has 1 amide bonds. The molecule has 0 radical (unpaired) electrons. The first-order valence-electron chi connectivity index (χ1n) is 8.50. The van der Waals surface area contributed by atoms with Crippen molar-refractivity contribution >= 4 is 27.5 Å². The average Bonchev–Trinajstić information content (AvgIpc) is 2.61. The van der Waals surface area contributed by atoms with E-state index < -0.39 is 0 Å². The predicted molar refractivity (Wildman–Crippen MR) is 103 cm³/mol. The van der Waals surface area contributed by atoms with Crippen molar-refractivity contribution in [2.24, 2.45) is 0 Å². The van der Waals surface area contributed by atoms with Gasteiger partial charge in [0, 0.05) is 55.3 Å². The zero-order chi connectivity index (χ0) is 17.6. The van der Waals surface area contributed by atoms with Crippen molar-refractivity contribution in [2.45, 2.75) is 13.5 Å². The van der Waals surface area contributed by atoms with Gasteiger partial charge in [0.1, 0.15) is 0 Å². The number of aromatic nitrogens is 1. The molecule has 25 heavy (non-hydrogen) atoms. The second-order valence-electron chi connectivity index (χ2n) is 6.42. The Kier molecular flexibility index (Phi) is 6.18. The maximum absolute atomic E-state index is 12.3. The van der Waals surface area contributed by atoms with Crippen LogP contribution in [0.3, 0.4) is 0 Å². The van der Waals surface area contributed by atoms with Crippen LogP contribution < -0.4 is 5.32 Å². The number of halogens is 1. The largest absolute Gasteiger partial charge is 0.325 e. The summed E-state index contributed by atoms with van der Waals surface area (Å²) in [5, 5.41) is 2.99. The number of aryl methyl sites for hydroxylation is 1. The quantitative estimate of drug-likeness (QED) is 0.834. The molecule has 6 heteroatoms. The summed E-state index contributed by atoms with van der Waals surface area (Å²) < 4.78 is 1.05. The minimum Gasteiger partial charge on any atom is -0.325 e. The lowest BCUT2D eigenvalue weighted by Gasteiger charge is -2.34. The number of hydrogen-bond acceptors (Lipinski definition) is 4. The first-order valence-corrected chi connectivity index (χ1v) is 9.29. The Balaban J connectivity index is 1.43. The molecule has 2 heterocycles. The average molecular weight is 403 g/mol. The summed E-state index contributed by atoms with van der Waals surface area (Å²) in [4.78, 5) is 20.9. The van der Waals surface area contributed by atoms with Crippen LogP contribution in [0.1, 0.15) is 11.1 Å². The van der Waals surface area contributed by atoms with Crippen LogP contribution in [0.15, 0.2) is 47.2 Å². The van der Waals surface area contributed by atoms with Crippen molar-refractivity contribution in [1.82, 2.24) is 14.8 Å². The van der Waals surface area contributed by atoms with Gasteiger partial charge in [-0.3, -0.25) is 19.6 Å². The third-order valence-electron chi connectivity index (χ3n) is 4.43. The van der Waals surface area contributed by atoms with Crippen LogP contribution in [0.5, 0.6) is 0 Å². The molecule has 3 rings (SSSR count). The summed E-state index contributed by atoms with van der Waals surface area (Å²) in [6.07, 6.45) is 3.67. The Morgan fingerprint density at radius 1 is 1.12 bits per heavy atom. The van der Waals surface area contributed by atoms with E-state index in [0.29, 0.717) is 6.54 Å². The normalized spacial score (nSPS) is 15.9. The topological polar surface area (TPSA) is 48.5 Å². The van der Waals surface area contributed by atoms with Gasteiger partial charge in [-0.25, -0.2) is 0 Å². The molecule has 1 N–H and O–H groups in total. The van der Waals surface area contributed by atoms with E-state index in [1.54, 1.807) is 0 Å². The molecular weight excluding hydrogens is 380 g/mol. The molecule has 0 aliphatic carbocycles. The molecule has 0 spiro atoms. The van der Waals surface area contributed by atoms with Crippen molar-refractivity contribution in [1.29, 1.82) is 0 Å². The third-order valence-corrected chi connectivity index (χ3v) is 5.32. The predicted octanol–water partition coefficient (Wildman–Crippen LogP) is 2.91. The number of rotatable bonds is 5. The molecule has 1 saturated heterocycles. The summed E-state index contributed by atoms with van der Waals surface area (Å²) >= 11 is 3.48. The van der Waals surface area contributed by atoms with E-state index in [1.165, 1.54) is 5.56 Å². The van der Waals surface area contributed by atoms with E-state index in [0.717, 1.165) is 48.4 Å². The highest BCUT2D eigenvalue weighted by Crippen LogP contribution is 2.20. The van der Waals surface area contributed by atoms with E-state index in [-0.39, 0.29) is 5.91 Å². The van der Waals surface area contributed by atoms with Crippen LogP contribution in [0, 0.1) is 6.92 Å². The summed E-state index contributed by atoms with van der Waals surface area (Å²) in [5.74, 6) is 0.0457. The van der Waals surface area contributed by atoms with Crippen molar-refractivity contribution in [3.63, 3.8) is 0 Å². The van der Waals surface area contributed by atoms with E-state index in [1.807, 2.05) is 37.5 Å². The Morgan fingerprint density at radius 3 is 2.48 bits per heavy atom. The van der Waals surface area contributed by atoms with Gasteiger partial charge in [-0.2, -0.15) is 0 Å². The minimum absolute atomic E-state index is 0.0457. The molecular formula is C19H23BrN4O. The number of nitrogens with zero attached hydrogens (tertiary/aromatic N) is 3. The first-order chi connectivity index (χ1) is 12.1. The van der Waals surface area contributed by atoms with E-state index >= 15 is 0 Å². The minimum atomic E-state index is 0.0457. The fourth-order valence-corrected chi connectivity index (χ4v) is 3.22. The van der Waals surface area contributed by atoms with Crippen LogP contribution in [0.2, 0.25) is 0 Å². The molecule has 0 atom stereocenters. The van der Waals surface area contributed by atoms with Gasteiger partial charge in [-0.1, -0.05) is 15.9 Å². The number of nitrogens with one attached hydrogen (secondary N) is 1. The molecule has 5 nitrogen and oxygen atoms in total. The maximum atomic E-state index is 12.3. The maximum Gasteiger partial charge on any atom is 0.238 e. The van der Waals surface area contributed by atoms with Gasteiger partial charge in [0.2, 0.25) is 5.91 Å². The Bertz CT molecular complexity index is 715. The van der Waals surface area contributed by atoms with Crippen LogP contribution in [0.25, 0.3) is 0 Å². The monoisotopic (exact) mass is 402 g/mol. The molecule has 1 aromatic heterocycles. The molecule has 1 aliphatic heterocycles. The second kappa shape index (κ2) is 8.56. The molecule has 0 bridgehead atoms. The van der Waals surface area contributed by atoms with Gasteiger partial charge in [-0.15, -0.1) is 0 Å². The third kappa shape index (κ3) is 5.36. The van der Waals surface area contributed by atoms with Crippen molar-refractivity contribution in [2.75, 3.05) is 38.0 Å². The van der Waals surface area contributed by atoms with Crippen molar-refractivity contribution in [3.8, 4) is 0 Å². The zero-order valence-corrected chi connectivity index (χ0v) is 16.0. The highest BCUT2D eigenvalue weighted by molar-refractivity contribution is 9.10. The van der Waals surface area contributed by atoms with Gasteiger partial charge in [0.05, 0.1) is 6.54 Å². The number of amides is 1. The van der Waals surface area contributed by atoms with Crippen LogP contribution in [0.4, 0.5) is 5.69 Å². The summed E-state index contributed by atoms with van der Waals surface area (Å²) in [5.41, 5.74) is 3.25. The smallest absolute Gasteiger partial charge is 0.238 e. The standard InChI is InChI=1S/C19H23BrN4O/c1-15-12-17(2-3-18(15)20)22-19(25)14-24-10-8-23(9-11-24)13-16-4-6-21-7-5-16/h2-7,12H,8-11,13-14H2,1H3,(H,22,25). The van der Waals surface area contributed by atoms with E-state index in [2.05, 4.69) is 48.2 Å². The van der Waals surface area contributed by atoms with Crippen LogP contribution >= 0.6 is 15.9 Å². The second-order valence-corrected chi connectivity index (χ2v) is 7.27.